The maximum absolute atomic E-state index is 12.5. The molecule has 2 aliphatic carbocycles. The number of hydrogen-bond donors (Lipinski definition) is 0. The Bertz CT molecular complexity index is 564. The lowest BCUT2D eigenvalue weighted by Gasteiger charge is -2.43. The first kappa shape index (κ1) is 12.4. The first-order valence-electron chi connectivity index (χ1n) is 7.94. The summed E-state index contributed by atoms with van der Waals surface area (Å²) in [4.78, 5) is 12.5. The smallest absolute Gasteiger partial charge is 0.312 e. The second-order valence-corrected chi connectivity index (χ2v) is 7.10. The summed E-state index contributed by atoms with van der Waals surface area (Å²) in [6.45, 7) is 2.14. The van der Waals surface area contributed by atoms with Gasteiger partial charge in [0.05, 0.1) is 5.41 Å². The molecule has 0 spiro atoms. The summed E-state index contributed by atoms with van der Waals surface area (Å²) in [6.07, 6.45) is 7.53. The lowest BCUT2D eigenvalue weighted by atomic mass is 9.59. The van der Waals surface area contributed by atoms with Crippen LogP contribution in [0.4, 0.5) is 0 Å². The summed E-state index contributed by atoms with van der Waals surface area (Å²) in [6, 6.07) is 8.76. The van der Waals surface area contributed by atoms with Crippen molar-refractivity contribution in [3.63, 3.8) is 0 Å². The highest BCUT2D eigenvalue weighted by Crippen LogP contribution is 2.58. The predicted molar refractivity (Wildman–Crippen MR) is 77.4 cm³/mol. The van der Waals surface area contributed by atoms with Gasteiger partial charge in [0.2, 0.25) is 0 Å². The van der Waals surface area contributed by atoms with Gasteiger partial charge in [-0.25, -0.2) is 0 Å². The Morgan fingerprint density at radius 2 is 1.85 bits per heavy atom. The van der Waals surface area contributed by atoms with Crippen molar-refractivity contribution in [1.82, 2.24) is 0 Å². The summed E-state index contributed by atoms with van der Waals surface area (Å²) < 4.78 is 5.99. The Labute approximate surface area is 120 Å². The number of carbonyl (C=O) groups excluding carboxylic acids is 1. The largest absolute Gasteiger partial charge is 0.458 e. The van der Waals surface area contributed by atoms with Gasteiger partial charge in [-0.3, -0.25) is 4.79 Å². The fraction of sp³-hybridized carbons (Fsp3) is 0.611. The topological polar surface area (TPSA) is 26.3 Å². The third kappa shape index (κ3) is 1.54. The van der Waals surface area contributed by atoms with Gasteiger partial charge in [-0.1, -0.05) is 24.3 Å². The van der Waals surface area contributed by atoms with Crippen LogP contribution >= 0.6 is 0 Å². The number of ether oxygens (including phenoxy) is 1. The highest BCUT2D eigenvalue weighted by Gasteiger charge is 2.63. The molecule has 0 radical (unpaired) electrons. The number of benzene rings is 1. The predicted octanol–water partition coefficient (Wildman–Crippen LogP) is 3.67. The van der Waals surface area contributed by atoms with E-state index in [9.17, 15) is 4.79 Å². The third-order valence-electron chi connectivity index (χ3n) is 6.05. The molecule has 1 saturated carbocycles. The van der Waals surface area contributed by atoms with Crippen LogP contribution in [-0.2, 0) is 22.4 Å². The fourth-order valence-corrected chi connectivity index (χ4v) is 4.91. The summed E-state index contributed by atoms with van der Waals surface area (Å²) in [5.41, 5.74) is 2.51. The molecule has 3 atom stereocenters. The number of carbonyl (C=O) groups is 1. The molecule has 2 bridgehead atoms. The monoisotopic (exact) mass is 270 g/mol. The average molecular weight is 270 g/mol. The molecule has 106 valence electrons. The third-order valence-corrected chi connectivity index (χ3v) is 6.05. The van der Waals surface area contributed by atoms with Gasteiger partial charge >= 0.3 is 5.97 Å². The van der Waals surface area contributed by atoms with Gasteiger partial charge in [-0.05, 0) is 63.0 Å². The van der Waals surface area contributed by atoms with Crippen LogP contribution < -0.4 is 0 Å². The Kier molecular flexibility index (Phi) is 2.55. The molecule has 1 aliphatic heterocycles. The Balaban J connectivity index is 1.81. The quantitative estimate of drug-likeness (QED) is 0.672. The van der Waals surface area contributed by atoms with Crippen LogP contribution in [0.3, 0.4) is 0 Å². The molecule has 0 amide bonds. The van der Waals surface area contributed by atoms with Crippen LogP contribution in [0.5, 0.6) is 0 Å². The molecule has 2 fully saturated rings. The molecule has 1 aromatic rings. The van der Waals surface area contributed by atoms with E-state index >= 15 is 0 Å². The summed E-state index contributed by atoms with van der Waals surface area (Å²) >= 11 is 0. The van der Waals surface area contributed by atoms with E-state index in [4.69, 9.17) is 4.74 Å². The van der Waals surface area contributed by atoms with E-state index in [-0.39, 0.29) is 17.0 Å². The standard InChI is InChI=1S/C18H22O2/c1-17-9-5-11-18(20-16(17)19)10-4-8-13-6-2-3-7-14(13)12-15(17)18/h2-3,6-7,15H,4-5,8-12H2,1H3/t15-,17+,18-/m1/s1. The molecular weight excluding hydrogens is 248 g/mol. The minimum Gasteiger partial charge on any atom is -0.458 e. The van der Waals surface area contributed by atoms with Gasteiger partial charge in [0.15, 0.2) is 0 Å². The molecule has 1 heterocycles. The Morgan fingerprint density at radius 3 is 2.70 bits per heavy atom. The highest BCUT2D eigenvalue weighted by atomic mass is 16.6. The van der Waals surface area contributed by atoms with Crippen molar-refractivity contribution in [3.05, 3.63) is 35.4 Å². The van der Waals surface area contributed by atoms with Gasteiger partial charge in [0.1, 0.15) is 5.60 Å². The number of esters is 1. The van der Waals surface area contributed by atoms with Crippen molar-refractivity contribution in [1.29, 1.82) is 0 Å². The van der Waals surface area contributed by atoms with E-state index in [0.29, 0.717) is 5.92 Å². The van der Waals surface area contributed by atoms with Crippen LogP contribution in [0, 0.1) is 11.3 Å². The lowest BCUT2D eigenvalue weighted by Crippen LogP contribution is -2.46. The maximum atomic E-state index is 12.5. The second kappa shape index (κ2) is 4.09. The van der Waals surface area contributed by atoms with E-state index in [0.717, 1.165) is 44.9 Å². The normalized spacial score (nSPS) is 39.2. The van der Waals surface area contributed by atoms with E-state index in [1.165, 1.54) is 11.1 Å². The zero-order chi connectivity index (χ0) is 13.8. The minimum absolute atomic E-state index is 0.0689. The fourth-order valence-electron chi connectivity index (χ4n) is 4.91. The van der Waals surface area contributed by atoms with Gasteiger partial charge in [-0.2, -0.15) is 0 Å². The number of hydrogen-bond acceptors (Lipinski definition) is 2. The first-order valence-corrected chi connectivity index (χ1v) is 7.94. The SMILES string of the molecule is C[C@]12CCC[C@@]3(CCCc4ccccc4C[C@@H]31)OC2=O. The minimum atomic E-state index is -0.247. The molecule has 0 N–H and O–H groups in total. The van der Waals surface area contributed by atoms with Gasteiger partial charge < -0.3 is 4.74 Å². The zero-order valence-corrected chi connectivity index (χ0v) is 12.2. The molecule has 1 saturated heterocycles. The van der Waals surface area contributed by atoms with E-state index < -0.39 is 0 Å². The number of aryl methyl sites for hydroxylation is 1. The van der Waals surface area contributed by atoms with Crippen molar-refractivity contribution in [2.75, 3.05) is 0 Å². The van der Waals surface area contributed by atoms with E-state index in [2.05, 4.69) is 31.2 Å². The highest BCUT2D eigenvalue weighted by molar-refractivity contribution is 5.80. The van der Waals surface area contributed by atoms with Crippen LogP contribution in [0.2, 0.25) is 0 Å². The molecule has 2 heteroatoms. The number of fused-ring (bicyclic) bond motifs is 1. The molecule has 3 aliphatic rings. The van der Waals surface area contributed by atoms with E-state index in [1.54, 1.807) is 0 Å². The van der Waals surface area contributed by atoms with Crippen molar-refractivity contribution in [2.24, 2.45) is 11.3 Å². The molecular formula is C18H22O2. The van der Waals surface area contributed by atoms with Crippen LogP contribution in [0.25, 0.3) is 0 Å². The van der Waals surface area contributed by atoms with Crippen LogP contribution in [0.15, 0.2) is 24.3 Å². The van der Waals surface area contributed by atoms with Crippen LogP contribution in [0.1, 0.15) is 50.2 Å². The van der Waals surface area contributed by atoms with Crippen molar-refractivity contribution < 1.29 is 9.53 Å². The molecule has 0 aromatic heterocycles. The van der Waals surface area contributed by atoms with Crippen LogP contribution in [-0.4, -0.2) is 11.6 Å². The molecule has 2 nitrogen and oxygen atoms in total. The van der Waals surface area contributed by atoms with Gasteiger partial charge in [0, 0.05) is 5.92 Å². The molecule has 4 rings (SSSR count). The Morgan fingerprint density at radius 1 is 1.10 bits per heavy atom. The first-order chi connectivity index (χ1) is 9.64. The summed E-state index contributed by atoms with van der Waals surface area (Å²) in [5, 5.41) is 0. The Hall–Kier alpha value is -1.31. The number of rotatable bonds is 0. The zero-order valence-electron chi connectivity index (χ0n) is 12.2. The second-order valence-electron chi connectivity index (χ2n) is 7.10. The average Bonchev–Trinajstić information content (AvgIpc) is 2.53. The van der Waals surface area contributed by atoms with Crippen molar-refractivity contribution in [2.45, 2.75) is 57.5 Å². The van der Waals surface area contributed by atoms with E-state index in [1.807, 2.05) is 0 Å². The van der Waals surface area contributed by atoms with Gasteiger partial charge in [-0.15, -0.1) is 0 Å². The molecule has 0 unspecified atom stereocenters. The van der Waals surface area contributed by atoms with Crippen molar-refractivity contribution in [3.8, 4) is 0 Å². The molecule has 20 heavy (non-hydrogen) atoms. The maximum Gasteiger partial charge on any atom is 0.312 e. The lowest BCUT2D eigenvalue weighted by molar-refractivity contribution is -0.153. The summed E-state index contributed by atoms with van der Waals surface area (Å²) in [7, 11) is 0. The molecule has 1 aromatic carbocycles. The van der Waals surface area contributed by atoms with Gasteiger partial charge in [0.25, 0.3) is 0 Å². The van der Waals surface area contributed by atoms with Crippen molar-refractivity contribution >= 4 is 5.97 Å². The summed E-state index contributed by atoms with van der Waals surface area (Å²) in [5.74, 6) is 0.442.